The summed E-state index contributed by atoms with van der Waals surface area (Å²) in [5.74, 6) is 2.45. The minimum atomic E-state index is -0.841. The van der Waals surface area contributed by atoms with E-state index in [4.69, 9.17) is 10.5 Å². The van der Waals surface area contributed by atoms with Gasteiger partial charge in [0, 0.05) is 54.9 Å². The van der Waals surface area contributed by atoms with Gasteiger partial charge in [0.15, 0.2) is 11.6 Å². The number of aromatic nitrogens is 2. The standard InChI is InChI=1S/C31H25F2N5O5/c32-19-3-6-21(7-4-19)38-15-1-2-24(31(38)42)30(41)36-20-5-9-27(25(33)18-20)43-26-11-14-35-29(34)23(26)8-10-28(40)37-16-12-22(39)13-17-37/h1-7,9,11,14-15,18,22,39H,12-13,16-17H2,(H2,34,35)(H,36,41). The molecule has 1 saturated heterocycles. The highest BCUT2D eigenvalue weighted by Crippen LogP contribution is 2.30. The van der Waals surface area contributed by atoms with E-state index < -0.39 is 35.1 Å². The quantitative estimate of drug-likeness (QED) is 0.305. The molecule has 0 saturated carbocycles. The molecule has 0 unspecified atom stereocenters. The summed E-state index contributed by atoms with van der Waals surface area (Å²) >= 11 is 0. The minimum absolute atomic E-state index is 0.0229. The molecule has 2 aromatic carbocycles. The van der Waals surface area contributed by atoms with Crippen LogP contribution in [0.25, 0.3) is 5.69 Å². The number of amides is 2. The fourth-order valence-corrected chi connectivity index (χ4v) is 4.38. The second-order valence-corrected chi connectivity index (χ2v) is 9.62. The number of nitrogens with two attached hydrogens (primary N) is 1. The van der Waals surface area contributed by atoms with Crippen molar-refractivity contribution in [2.45, 2.75) is 18.9 Å². The Morgan fingerprint density at radius 1 is 1.05 bits per heavy atom. The molecule has 5 rings (SSSR count). The van der Waals surface area contributed by atoms with E-state index in [1.54, 1.807) is 0 Å². The third-order valence-corrected chi connectivity index (χ3v) is 6.69. The second-order valence-electron chi connectivity index (χ2n) is 9.62. The molecular formula is C31H25F2N5O5. The van der Waals surface area contributed by atoms with Crippen LogP contribution in [0.4, 0.5) is 20.3 Å². The van der Waals surface area contributed by atoms with E-state index in [1.807, 2.05) is 0 Å². The third-order valence-electron chi connectivity index (χ3n) is 6.69. The molecule has 0 spiro atoms. The maximum Gasteiger partial charge on any atom is 0.298 e. The van der Waals surface area contributed by atoms with Crippen molar-refractivity contribution in [2.75, 3.05) is 24.1 Å². The summed E-state index contributed by atoms with van der Waals surface area (Å²) in [5, 5.41) is 12.1. The Morgan fingerprint density at radius 3 is 2.51 bits per heavy atom. The molecule has 1 aliphatic rings. The first-order valence-electron chi connectivity index (χ1n) is 13.2. The average molecular weight is 586 g/mol. The van der Waals surface area contributed by atoms with Gasteiger partial charge in [-0.2, -0.15) is 0 Å². The third kappa shape index (κ3) is 6.69. The highest BCUT2D eigenvalue weighted by atomic mass is 19.1. The maximum absolute atomic E-state index is 15.1. The summed E-state index contributed by atoms with van der Waals surface area (Å²) in [6.07, 6.45) is 3.27. The predicted molar refractivity (Wildman–Crippen MR) is 154 cm³/mol. The molecule has 10 nitrogen and oxygen atoms in total. The van der Waals surface area contributed by atoms with Crippen LogP contribution >= 0.6 is 0 Å². The molecule has 2 aromatic heterocycles. The molecule has 3 heterocycles. The molecule has 218 valence electrons. The summed E-state index contributed by atoms with van der Waals surface area (Å²) in [5.41, 5.74) is 5.61. The van der Waals surface area contributed by atoms with Crippen molar-refractivity contribution in [3.8, 4) is 29.0 Å². The van der Waals surface area contributed by atoms with Crippen molar-refractivity contribution in [2.24, 2.45) is 0 Å². The number of piperidine rings is 1. The smallest absolute Gasteiger partial charge is 0.298 e. The molecule has 4 aromatic rings. The molecule has 12 heteroatoms. The summed E-state index contributed by atoms with van der Waals surface area (Å²) in [6.45, 7) is 0.757. The molecule has 43 heavy (non-hydrogen) atoms. The number of likely N-dealkylation sites (tertiary alicyclic amines) is 1. The second kappa shape index (κ2) is 12.5. The first-order valence-corrected chi connectivity index (χ1v) is 13.2. The van der Waals surface area contributed by atoms with Crippen LogP contribution in [-0.2, 0) is 4.79 Å². The molecule has 1 aliphatic heterocycles. The number of carbonyl (C=O) groups excluding carboxylic acids is 2. The molecule has 2 amide bonds. The zero-order valence-electron chi connectivity index (χ0n) is 22.6. The van der Waals surface area contributed by atoms with E-state index in [-0.39, 0.29) is 34.1 Å². The van der Waals surface area contributed by atoms with Gasteiger partial charge in [0.2, 0.25) is 0 Å². The molecular weight excluding hydrogens is 560 g/mol. The van der Waals surface area contributed by atoms with Gasteiger partial charge < -0.3 is 25.8 Å². The van der Waals surface area contributed by atoms with E-state index in [2.05, 4.69) is 22.1 Å². The first kappa shape index (κ1) is 29.0. The summed E-state index contributed by atoms with van der Waals surface area (Å²) in [6, 6.07) is 13.1. The Morgan fingerprint density at radius 2 is 1.79 bits per heavy atom. The lowest BCUT2D eigenvalue weighted by Gasteiger charge is -2.27. The lowest BCUT2D eigenvalue weighted by atomic mass is 10.1. The van der Waals surface area contributed by atoms with Crippen molar-refractivity contribution in [3.63, 3.8) is 0 Å². The fourth-order valence-electron chi connectivity index (χ4n) is 4.38. The number of carbonyl (C=O) groups is 2. The van der Waals surface area contributed by atoms with Gasteiger partial charge in [-0.05, 0) is 67.3 Å². The molecule has 1 fully saturated rings. The van der Waals surface area contributed by atoms with Crippen LogP contribution in [0.1, 0.15) is 28.8 Å². The number of pyridine rings is 2. The molecule has 0 atom stereocenters. The first-order chi connectivity index (χ1) is 20.7. The van der Waals surface area contributed by atoms with Gasteiger partial charge in [-0.15, -0.1) is 0 Å². The lowest BCUT2D eigenvalue weighted by Crippen LogP contribution is -2.39. The van der Waals surface area contributed by atoms with Gasteiger partial charge >= 0.3 is 0 Å². The van der Waals surface area contributed by atoms with E-state index in [0.29, 0.717) is 31.6 Å². The van der Waals surface area contributed by atoms with Crippen LogP contribution in [0.5, 0.6) is 11.5 Å². The monoisotopic (exact) mass is 585 g/mol. The number of rotatable bonds is 5. The number of aliphatic hydroxyl groups excluding tert-OH is 1. The van der Waals surface area contributed by atoms with Crippen LogP contribution in [0.3, 0.4) is 0 Å². The number of hydrogen-bond acceptors (Lipinski definition) is 7. The van der Waals surface area contributed by atoms with E-state index in [1.165, 1.54) is 76.5 Å². The number of ether oxygens (including phenoxy) is 1. The van der Waals surface area contributed by atoms with Crippen molar-refractivity contribution in [1.29, 1.82) is 0 Å². The maximum atomic E-state index is 15.1. The number of anilines is 2. The molecule has 4 N–H and O–H groups in total. The molecule has 0 radical (unpaired) electrons. The average Bonchev–Trinajstić information content (AvgIpc) is 2.99. The highest BCUT2D eigenvalue weighted by Gasteiger charge is 2.20. The zero-order chi connectivity index (χ0) is 30.5. The Labute approximate surface area is 244 Å². The van der Waals surface area contributed by atoms with Crippen LogP contribution in [0, 0.1) is 23.5 Å². The number of nitrogens with one attached hydrogen (secondary N) is 1. The normalized spacial score (nSPS) is 13.1. The number of aliphatic hydroxyl groups is 1. The summed E-state index contributed by atoms with van der Waals surface area (Å²) in [4.78, 5) is 43.8. The van der Waals surface area contributed by atoms with Crippen molar-refractivity contribution < 1.29 is 28.2 Å². The van der Waals surface area contributed by atoms with Gasteiger partial charge in [-0.25, -0.2) is 13.8 Å². The van der Waals surface area contributed by atoms with Crippen LogP contribution in [0.15, 0.2) is 77.9 Å². The van der Waals surface area contributed by atoms with Crippen LogP contribution < -0.4 is 21.3 Å². The number of benzene rings is 2. The van der Waals surface area contributed by atoms with Gasteiger partial charge in [0.05, 0.1) is 6.10 Å². The lowest BCUT2D eigenvalue weighted by molar-refractivity contribution is -0.127. The van der Waals surface area contributed by atoms with Gasteiger partial charge in [-0.1, -0.05) is 0 Å². The predicted octanol–water partition coefficient (Wildman–Crippen LogP) is 3.47. The Bertz CT molecular complexity index is 1810. The number of hydrogen-bond donors (Lipinski definition) is 3. The van der Waals surface area contributed by atoms with Crippen molar-refractivity contribution in [3.05, 3.63) is 106 Å². The SMILES string of the molecule is Nc1nccc(Oc2ccc(NC(=O)c3cccn(-c4ccc(F)cc4)c3=O)cc2F)c1C#CC(=O)N1CCC(O)CC1. The fraction of sp³-hybridized carbons (Fsp3) is 0.161. The van der Waals surface area contributed by atoms with E-state index in [0.717, 1.165) is 6.07 Å². The Kier molecular flexibility index (Phi) is 8.45. The minimum Gasteiger partial charge on any atom is -0.453 e. The summed E-state index contributed by atoms with van der Waals surface area (Å²) in [7, 11) is 0. The number of halogens is 2. The van der Waals surface area contributed by atoms with E-state index >= 15 is 4.39 Å². The van der Waals surface area contributed by atoms with Gasteiger partial charge in [0.1, 0.15) is 28.5 Å². The number of nitrogen functional groups attached to an aromatic ring is 1. The van der Waals surface area contributed by atoms with E-state index in [9.17, 15) is 23.9 Å². The van der Waals surface area contributed by atoms with Crippen LogP contribution in [0.2, 0.25) is 0 Å². The molecule has 0 bridgehead atoms. The van der Waals surface area contributed by atoms with Gasteiger partial charge in [-0.3, -0.25) is 19.0 Å². The largest absolute Gasteiger partial charge is 0.453 e. The van der Waals surface area contributed by atoms with Crippen molar-refractivity contribution >= 4 is 23.3 Å². The number of nitrogens with zero attached hydrogens (tertiary/aromatic N) is 3. The zero-order valence-corrected chi connectivity index (χ0v) is 22.6. The highest BCUT2D eigenvalue weighted by molar-refractivity contribution is 6.04. The molecule has 0 aliphatic carbocycles. The topological polar surface area (TPSA) is 140 Å². The Hall–Kier alpha value is -5.54. The summed E-state index contributed by atoms with van der Waals surface area (Å²) < 4.78 is 35.2. The van der Waals surface area contributed by atoms with Crippen LogP contribution in [-0.4, -0.2) is 50.6 Å². The Balaban J connectivity index is 1.31. The van der Waals surface area contributed by atoms with Gasteiger partial charge in [0.25, 0.3) is 17.4 Å². The van der Waals surface area contributed by atoms with Crippen molar-refractivity contribution in [1.82, 2.24) is 14.5 Å².